The van der Waals surface area contributed by atoms with Crippen LogP contribution in [0.5, 0.6) is 0 Å². The molecule has 0 N–H and O–H groups in total. The Morgan fingerprint density at radius 1 is 0.868 bits per heavy atom. The van der Waals surface area contributed by atoms with Crippen LogP contribution in [0.4, 0.5) is 0 Å². The summed E-state index contributed by atoms with van der Waals surface area (Å²) in [7, 11) is 2.10. The molecule has 2 aromatic heterocycles. The molecule has 0 fully saturated rings. The number of nitrogens with zero attached hydrogens (tertiary/aromatic N) is 3. The molecular formula is C35H38N3+. The molecule has 3 heteroatoms. The topological polar surface area (TPSA) is 21.7 Å². The van der Waals surface area contributed by atoms with Crippen molar-refractivity contribution in [2.24, 2.45) is 7.05 Å². The summed E-state index contributed by atoms with van der Waals surface area (Å²) in [5.41, 5.74) is 9.96. The predicted octanol–water partition coefficient (Wildman–Crippen LogP) is 8.38. The molecule has 0 radical (unpaired) electrons. The van der Waals surface area contributed by atoms with Gasteiger partial charge in [0.05, 0.1) is 18.3 Å². The fourth-order valence-electron chi connectivity index (χ4n) is 6.47. The average Bonchev–Trinajstić information content (AvgIpc) is 3.37. The lowest BCUT2D eigenvalue weighted by Crippen LogP contribution is -2.32. The molecule has 0 bridgehead atoms. The lowest BCUT2D eigenvalue weighted by atomic mass is 9.80. The van der Waals surface area contributed by atoms with Crippen LogP contribution in [0.1, 0.15) is 85.4 Å². The first-order valence-electron chi connectivity index (χ1n) is 15.1. The minimum atomic E-state index is -2.31. The fourth-order valence-corrected chi connectivity index (χ4v) is 6.47. The quantitative estimate of drug-likeness (QED) is 0.226. The zero-order valence-electron chi connectivity index (χ0n) is 26.4. The summed E-state index contributed by atoms with van der Waals surface area (Å²) in [6, 6.07) is 23.3. The van der Waals surface area contributed by atoms with Crippen molar-refractivity contribution in [3.63, 3.8) is 0 Å². The van der Waals surface area contributed by atoms with Crippen molar-refractivity contribution in [3.05, 3.63) is 101 Å². The lowest BCUT2D eigenvalue weighted by Gasteiger charge is -2.24. The Morgan fingerprint density at radius 2 is 1.58 bits per heavy atom. The Morgan fingerprint density at radius 3 is 2.26 bits per heavy atom. The monoisotopic (exact) mass is 503 g/mol. The summed E-state index contributed by atoms with van der Waals surface area (Å²) in [4.78, 5) is 4.70. The minimum absolute atomic E-state index is 0.298. The van der Waals surface area contributed by atoms with Crippen LogP contribution in [0, 0.1) is 6.92 Å². The van der Waals surface area contributed by atoms with Crippen LogP contribution in [0.15, 0.2) is 72.9 Å². The van der Waals surface area contributed by atoms with Gasteiger partial charge in [-0.2, -0.15) is 4.57 Å². The zero-order valence-corrected chi connectivity index (χ0v) is 23.4. The number of rotatable bonds is 4. The van der Waals surface area contributed by atoms with Crippen LogP contribution < -0.4 is 4.57 Å². The highest BCUT2D eigenvalue weighted by Crippen LogP contribution is 2.52. The standard InChI is InChI=1S/C35H38N3/c1-21(2)24-13-11-14-25(22(3)4)32(24)38-29-17-10-9-16-28(29)37(8)34(38)30-23(5)18-19-26-27-15-12-20-36-33(27)35(6,7)31(26)30/h9-22H,1-8H3/q+1/i6D3. The van der Waals surface area contributed by atoms with E-state index in [1.54, 1.807) is 6.20 Å². The van der Waals surface area contributed by atoms with Crippen molar-refractivity contribution >= 4 is 11.0 Å². The smallest absolute Gasteiger partial charge is 0.260 e. The first-order valence-corrected chi connectivity index (χ1v) is 13.6. The summed E-state index contributed by atoms with van der Waals surface area (Å²) in [5.74, 6) is 1.58. The van der Waals surface area contributed by atoms with Crippen LogP contribution in [0.2, 0.25) is 0 Å². The maximum absolute atomic E-state index is 8.86. The van der Waals surface area contributed by atoms with Crippen molar-refractivity contribution in [1.82, 2.24) is 9.55 Å². The van der Waals surface area contributed by atoms with Crippen LogP contribution in [0.3, 0.4) is 0 Å². The minimum Gasteiger partial charge on any atom is -0.260 e. The number of benzene rings is 3. The molecule has 5 aromatic rings. The molecule has 0 spiro atoms. The van der Waals surface area contributed by atoms with E-state index in [4.69, 9.17) is 9.10 Å². The second kappa shape index (κ2) is 8.66. The molecule has 1 aliphatic carbocycles. The van der Waals surface area contributed by atoms with E-state index in [1.807, 2.05) is 19.1 Å². The molecule has 0 amide bonds. The number of aryl methyl sites for hydroxylation is 2. The largest absolute Gasteiger partial charge is 0.295 e. The Labute approximate surface area is 231 Å². The second-order valence-electron chi connectivity index (χ2n) is 11.5. The number of pyridine rings is 1. The second-order valence-corrected chi connectivity index (χ2v) is 11.5. The van der Waals surface area contributed by atoms with Crippen LogP contribution in [-0.4, -0.2) is 9.55 Å². The van der Waals surface area contributed by atoms with Gasteiger partial charge in [0.1, 0.15) is 5.69 Å². The molecule has 1 aliphatic rings. The fraction of sp³-hybridized carbons (Fsp3) is 0.314. The van der Waals surface area contributed by atoms with Gasteiger partial charge in [-0.05, 0) is 53.6 Å². The van der Waals surface area contributed by atoms with Crippen LogP contribution in [0.25, 0.3) is 39.2 Å². The van der Waals surface area contributed by atoms with Gasteiger partial charge in [-0.1, -0.05) is 90.0 Å². The van der Waals surface area contributed by atoms with E-state index in [2.05, 4.69) is 105 Å². The first-order chi connectivity index (χ1) is 19.4. The number of hydrogen-bond acceptors (Lipinski definition) is 1. The first kappa shape index (κ1) is 21.2. The van der Waals surface area contributed by atoms with E-state index in [0.29, 0.717) is 17.5 Å². The van der Waals surface area contributed by atoms with Gasteiger partial charge >= 0.3 is 0 Å². The Bertz CT molecular complexity index is 1800. The van der Waals surface area contributed by atoms with Crippen LogP contribution >= 0.6 is 0 Å². The molecule has 0 saturated heterocycles. The average molecular weight is 504 g/mol. The molecule has 0 aliphatic heterocycles. The Balaban J connectivity index is 1.85. The third-order valence-corrected chi connectivity index (χ3v) is 8.29. The highest BCUT2D eigenvalue weighted by atomic mass is 15.2. The zero-order chi connectivity index (χ0) is 29.4. The number of hydrogen-bond donors (Lipinski definition) is 0. The maximum Gasteiger partial charge on any atom is 0.295 e. The van der Waals surface area contributed by atoms with Gasteiger partial charge in [0.25, 0.3) is 5.82 Å². The van der Waals surface area contributed by atoms with Crippen molar-refractivity contribution < 1.29 is 8.68 Å². The lowest BCUT2D eigenvalue weighted by molar-refractivity contribution is -0.633. The molecule has 1 atom stereocenters. The summed E-state index contributed by atoms with van der Waals surface area (Å²) >= 11 is 0. The molecule has 6 rings (SSSR count). The van der Waals surface area contributed by atoms with Gasteiger partial charge < -0.3 is 0 Å². The van der Waals surface area contributed by atoms with Gasteiger partial charge in [0.2, 0.25) is 0 Å². The van der Waals surface area contributed by atoms with Crippen molar-refractivity contribution in [3.8, 4) is 28.2 Å². The third kappa shape index (κ3) is 3.34. The molecule has 0 saturated carbocycles. The summed E-state index contributed by atoms with van der Waals surface area (Å²) in [6.45, 7) is 10.6. The number of imidazole rings is 1. The van der Waals surface area contributed by atoms with E-state index in [0.717, 1.165) is 44.7 Å². The maximum atomic E-state index is 8.86. The molecule has 192 valence electrons. The highest BCUT2D eigenvalue weighted by molar-refractivity contribution is 5.89. The Hall–Kier alpha value is -3.72. The predicted molar refractivity (Wildman–Crippen MR) is 158 cm³/mol. The Kier molecular flexibility index (Phi) is 4.84. The normalized spacial score (nSPS) is 18.0. The number of fused-ring (bicyclic) bond motifs is 4. The van der Waals surface area contributed by atoms with Gasteiger partial charge in [0, 0.05) is 32.4 Å². The number of para-hydroxylation sites is 3. The summed E-state index contributed by atoms with van der Waals surface area (Å²) < 4.78 is 31.2. The van der Waals surface area contributed by atoms with Crippen molar-refractivity contribution in [2.75, 3.05) is 0 Å². The molecular weight excluding hydrogens is 462 g/mol. The van der Waals surface area contributed by atoms with E-state index < -0.39 is 12.3 Å². The summed E-state index contributed by atoms with van der Waals surface area (Å²) in [6.07, 6.45) is 1.71. The molecule has 2 heterocycles. The van der Waals surface area contributed by atoms with E-state index in [1.165, 1.54) is 16.8 Å². The van der Waals surface area contributed by atoms with Gasteiger partial charge in [-0.3, -0.25) is 4.98 Å². The SMILES string of the molecule is [2H]C([2H])([2H])C1(C)c2ncccc2-c2ccc(C)c(-c3n(-c4c(C(C)C)cccc4C(C)C)c4ccccc4[n+]3C)c21. The van der Waals surface area contributed by atoms with E-state index >= 15 is 0 Å². The van der Waals surface area contributed by atoms with Gasteiger partial charge in [-0.15, -0.1) is 0 Å². The molecule has 38 heavy (non-hydrogen) atoms. The summed E-state index contributed by atoms with van der Waals surface area (Å²) in [5, 5.41) is 0. The molecule has 3 aromatic carbocycles. The van der Waals surface area contributed by atoms with Gasteiger partial charge in [-0.25, -0.2) is 4.57 Å². The molecule has 3 nitrogen and oxygen atoms in total. The van der Waals surface area contributed by atoms with Crippen molar-refractivity contribution in [2.45, 2.75) is 65.6 Å². The van der Waals surface area contributed by atoms with Crippen molar-refractivity contribution in [1.29, 1.82) is 0 Å². The molecule has 1 unspecified atom stereocenters. The van der Waals surface area contributed by atoms with E-state index in [-0.39, 0.29) is 0 Å². The third-order valence-electron chi connectivity index (χ3n) is 8.29. The number of aromatic nitrogens is 3. The highest BCUT2D eigenvalue weighted by Gasteiger charge is 2.43. The van der Waals surface area contributed by atoms with E-state index in [9.17, 15) is 0 Å². The van der Waals surface area contributed by atoms with Crippen LogP contribution in [-0.2, 0) is 12.5 Å². The van der Waals surface area contributed by atoms with Gasteiger partial charge in [0.15, 0.2) is 11.0 Å².